The number of imidazole rings is 1. The van der Waals surface area contributed by atoms with E-state index in [2.05, 4.69) is 20.0 Å². The first kappa shape index (κ1) is 13.6. The standard InChI is InChI=1S/C15H19N5O/c1-11(21)9-16-15-18-13-5-3-4-6-14(13)20(15)10-12-7-8-17-19(12)2/h3-8,11,21H,9-10H2,1-2H3,(H,16,18). The molecule has 6 heteroatoms. The SMILES string of the molecule is CC(O)CNc1nc2ccccc2n1Cc1ccnn1C. The van der Waals surface area contributed by atoms with E-state index in [4.69, 9.17) is 0 Å². The molecular weight excluding hydrogens is 266 g/mol. The van der Waals surface area contributed by atoms with E-state index in [-0.39, 0.29) is 0 Å². The third kappa shape index (κ3) is 2.75. The number of nitrogens with one attached hydrogen (secondary N) is 1. The largest absolute Gasteiger partial charge is 0.392 e. The summed E-state index contributed by atoms with van der Waals surface area (Å²) in [4.78, 5) is 4.61. The molecule has 3 rings (SSSR count). The second-order valence-corrected chi connectivity index (χ2v) is 5.19. The molecule has 0 spiro atoms. The molecule has 0 amide bonds. The van der Waals surface area contributed by atoms with Crippen LogP contribution in [0.2, 0.25) is 0 Å². The van der Waals surface area contributed by atoms with Gasteiger partial charge >= 0.3 is 0 Å². The van der Waals surface area contributed by atoms with E-state index in [1.54, 1.807) is 13.1 Å². The Kier molecular flexibility index (Phi) is 3.62. The molecule has 0 aliphatic heterocycles. The van der Waals surface area contributed by atoms with Gasteiger partial charge in [0.25, 0.3) is 0 Å². The van der Waals surface area contributed by atoms with Crippen molar-refractivity contribution >= 4 is 17.0 Å². The highest BCUT2D eigenvalue weighted by Gasteiger charge is 2.12. The van der Waals surface area contributed by atoms with E-state index in [0.29, 0.717) is 13.1 Å². The number of nitrogens with zero attached hydrogens (tertiary/aromatic N) is 4. The lowest BCUT2D eigenvalue weighted by molar-refractivity contribution is 0.208. The molecule has 0 saturated heterocycles. The maximum Gasteiger partial charge on any atom is 0.204 e. The number of aromatic nitrogens is 4. The predicted molar refractivity (Wildman–Crippen MR) is 82.2 cm³/mol. The first-order valence-electron chi connectivity index (χ1n) is 6.99. The van der Waals surface area contributed by atoms with Crippen molar-refractivity contribution in [3.05, 3.63) is 42.2 Å². The van der Waals surface area contributed by atoms with Crippen molar-refractivity contribution in [1.29, 1.82) is 0 Å². The number of aryl methyl sites for hydroxylation is 1. The summed E-state index contributed by atoms with van der Waals surface area (Å²) >= 11 is 0. The third-order valence-corrected chi connectivity index (χ3v) is 3.45. The van der Waals surface area contributed by atoms with Crippen LogP contribution < -0.4 is 5.32 Å². The Bertz CT molecular complexity index is 743. The van der Waals surface area contributed by atoms with Gasteiger partial charge in [-0.2, -0.15) is 5.10 Å². The van der Waals surface area contributed by atoms with E-state index in [1.165, 1.54) is 0 Å². The Morgan fingerprint density at radius 3 is 2.81 bits per heavy atom. The maximum atomic E-state index is 9.47. The number of rotatable bonds is 5. The van der Waals surface area contributed by atoms with Crippen LogP contribution >= 0.6 is 0 Å². The summed E-state index contributed by atoms with van der Waals surface area (Å²) in [7, 11) is 1.93. The summed E-state index contributed by atoms with van der Waals surface area (Å²) in [6.45, 7) is 2.90. The first-order chi connectivity index (χ1) is 10.1. The average molecular weight is 285 g/mol. The fraction of sp³-hybridized carbons (Fsp3) is 0.333. The number of benzene rings is 1. The zero-order valence-corrected chi connectivity index (χ0v) is 12.2. The van der Waals surface area contributed by atoms with E-state index < -0.39 is 6.10 Å². The molecule has 0 aliphatic rings. The Morgan fingerprint density at radius 2 is 2.10 bits per heavy atom. The number of hydrogen-bond acceptors (Lipinski definition) is 4. The molecule has 1 aromatic carbocycles. The van der Waals surface area contributed by atoms with Crippen molar-refractivity contribution in [1.82, 2.24) is 19.3 Å². The molecule has 2 aromatic heterocycles. The number of hydrogen-bond donors (Lipinski definition) is 2. The summed E-state index contributed by atoms with van der Waals surface area (Å²) in [5.41, 5.74) is 3.10. The van der Waals surface area contributed by atoms with Crippen LogP contribution in [-0.4, -0.2) is 37.1 Å². The zero-order valence-electron chi connectivity index (χ0n) is 12.2. The number of para-hydroxylation sites is 2. The monoisotopic (exact) mass is 285 g/mol. The van der Waals surface area contributed by atoms with E-state index in [0.717, 1.165) is 22.7 Å². The van der Waals surface area contributed by atoms with Crippen LogP contribution in [0.3, 0.4) is 0 Å². The van der Waals surface area contributed by atoms with Gasteiger partial charge in [0.2, 0.25) is 5.95 Å². The van der Waals surface area contributed by atoms with Crippen molar-refractivity contribution in [3.63, 3.8) is 0 Å². The van der Waals surface area contributed by atoms with E-state index >= 15 is 0 Å². The lowest BCUT2D eigenvalue weighted by Crippen LogP contribution is -2.18. The van der Waals surface area contributed by atoms with Gasteiger partial charge in [-0.25, -0.2) is 4.98 Å². The molecule has 0 aliphatic carbocycles. The van der Waals surface area contributed by atoms with Gasteiger partial charge in [-0.3, -0.25) is 4.68 Å². The minimum absolute atomic E-state index is 0.421. The molecule has 0 bridgehead atoms. The summed E-state index contributed by atoms with van der Waals surface area (Å²) in [6, 6.07) is 10.0. The zero-order chi connectivity index (χ0) is 14.8. The van der Waals surface area contributed by atoms with Gasteiger partial charge in [0.1, 0.15) is 0 Å². The van der Waals surface area contributed by atoms with Crippen molar-refractivity contribution in [2.75, 3.05) is 11.9 Å². The van der Waals surface area contributed by atoms with E-state index in [9.17, 15) is 5.11 Å². The van der Waals surface area contributed by atoms with Crippen LogP contribution in [0.1, 0.15) is 12.6 Å². The molecular formula is C15H19N5O. The molecule has 0 fully saturated rings. The lowest BCUT2D eigenvalue weighted by atomic mass is 10.3. The van der Waals surface area contributed by atoms with Crippen LogP contribution in [0.25, 0.3) is 11.0 Å². The van der Waals surface area contributed by atoms with Gasteiger partial charge in [-0.15, -0.1) is 0 Å². The van der Waals surface area contributed by atoms with Gasteiger partial charge in [0, 0.05) is 19.8 Å². The highest BCUT2D eigenvalue weighted by atomic mass is 16.3. The predicted octanol–water partition coefficient (Wildman–Crippen LogP) is 1.61. The molecule has 110 valence electrons. The molecule has 2 N–H and O–H groups in total. The Morgan fingerprint density at radius 1 is 1.29 bits per heavy atom. The van der Waals surface area contributed by atoms with Crippen LogP contribution in [0.5, 0.6) is 0 Å². The van der Waals surface area contributed by atoms with Crippen LogP contribution in [0, 0.1) is 0 Å². The smallest absolute Gasteiger partial charge is 0.204 e. The molecule has 21 heavy (non-hydrogen) atoms. The Labute approximate surface area is 123 Å². The van der Waals surface area contributed by atoms with Crippen molar-refractivity contribution in [3.8, 4) is 0 Å². The topological polar surface area (TPSA) is 67.9 Å². The third-order valence-electron chi connectivity index (χ3n) is 3.45. The summed E-state index contributed by atoms with van der Waals surface area (Å²) in [5, 5.41) is 16.9. The van der Waals surface area contributed by atoms with Crippen molar-refractivity contribution < 1.29 is 5.11 Å². The second kappa shape index (κ2) is 5.57. The summed E-state index contributed by atoms with van der Waals surface area (Å²) in [5.74, 6) is 0.762. The molecule has 6 nitrogen and oxygen atoms in total. The highest BCUT2D eigenvalue weighted by molar-refractivity contribution is 5.78. The lowest BCUT2D eigenvalue weighted by Gasteiger charge is -2.12. The molecule has 1 unspecified atom stereocenters. The van der Waals surface area contributed by atoms with E-state index in [1.807, 2.05) is 42.1 Å². The maximum absolute atomic E-state index is 9.47. The minimum atomic E-state index is -0.421. The molecule has 0 radical (unpaired) electrons. The van der Waals surface area contributed by atoms with Gasteiger partial charge in [-0.05, 0) is 25.1 Å². The minimum Gasteiger partial charge on any atom is -0.392 e. The molecule has 3 aromatic rings. The van der Waals surface area contributed by atoms with Crippen LogP contribution in [0.15, 0.2) is 36.5 Å². The van der Waals surface area contributed by atoms with Crippen LogP contribution in [0.4, 0.5) is 5.95 Å². The van der Waals surface area contributed by atoms with Gasteiger partial charge in [0.05, 0.1) is 29.4 Å². The highest BCUT2D eigenvalue weighted by Crippen LogP contribution is 2.21. The van der Waals surface area contributed by atoms with Gasteiger partial charge < -0.3 is 15.0 Å². The van der Waals surface area contributed by atoms with Gasteiger partial charge in [0.15, 0.2) is 0 Å². The number of aliphatic hydroxyl groups is 1. The van der Waals surface area contributed by atoms with Crippen molar-refractivity contribution in [2.45, 2.75) is 19.6 Å². The number of aliphatic hydroxyl groups excluding tert-OH is 1. The van der Waals surface area contributed by atoms with Gasteiger partial charge in [-0.1, -0.05) is 12.1 Å². The Hall–Kier alpha value is -2.34. The quantitative estimate of drug-likeness (QED) is 0.747. The van der Waals surface area contributed by atoms with Crippen molar-refractivity contribution in [2.24, 2.45) is 7.05 Å². The molecule has 1 atom stereocenters. The molecule has 0 saturated carbocycles. The second-order valence-electron chi connectivity index (χ2n) is 5.19. The first-order valence-corrected chi connectivity index (χ1v) is 6.99. The Balaban J connectivity index is 2.00. The molecule has 2 heterocycles. The number of anilines is 1. The summed E-state index contributed by atoms with van der Waals surface area (Å²) < 4.78 is 3.96. The fourth-order valence-corrected chi connectivity index (χ4v) is 2.33. The summed E-state index contributed by atoms with van der Waals surface area (Å²) in [6.07, 6.45) is 1.37. The normalized spacial score (nSPS) is 12.7. The van der Waals surface area contributed by atoms with Crippen LogP contribution in [-0.2, 0) is 13.6 Å². The number of fused-ring (bicyclic) bond motifs is 1. The average Bonchev–Trinajstić information content (AvgIpc) is 3.02. The fourth-order valence-electron chi connectivity index (χ4n) is 2.33.